The summed E-state index contributed by atoms with van der Waals surface area (Å²) >= 11 is -3.64. The Morgan fingerprint density at radius 3 is 1.36 bits per heavy atom. The number of benzene rings is 6. The van der Waals surface area contributed by atoms with Gasteiger partial charge in [-0.05, 0) is 0 Å². The molecular weight excluding hydrogens is 921 g/mol. The van der Waals surface area contributed by atoms with Crippen molar-refractivity contribution in [3.8, 4) is 33.4 Å². The van der Waals surface area contributed by atoms with Gasteiger partial charge in [0.1, 0.15) is 0 Å². The minimum absolute atomic E-state index is 0.00794. The molecule has 6 aromatic carbocycles. The molecule has 0 aromatic heterocycles. The van der Waals surface area contributed by atoms with Crippen LogP contribution in [0.3, 0.4) is 0 Å². The van der Waals surface area contributed by atoms with E-state index in [9.17, 15) is 26.3 Å². The van der Waals surface area contributed by atoms with Gasteiger partial charge < -0.3 is 0 Å². The fourth-order valence-corrected chi connectivity index (χ4v) is 30.4. The number of rotatable bonds is 7. The molecule has 1 aliphatic heterocycles. The van der Waals surface area contributed by atoms with Crippen LogP contribution in [0.1, 0.15) is 68.4 Å². The summed E-state index contributed by atoms with van der Waals surface area (Å²) in [4.78, 5) is 0. The van der Waals surface area contributed by atoms with Crippen molar-refractivity contribution in [1.82, 2.24) is 0 Å². The molecule has 8 heteroatoms. The molecule has 2 unspecified atom stereocenters. The van der Waals surface area contributed by atoms with Crippen LogP contribution in [0.15, 0.2) is 139 Å². The predicted molar refractivity (Wildman–Crippen MR) is 224 cm³/mol. The minimum atomic E-state index is -4.53. The summed E-state index contributed by atoms with van der Waals surface area (Å²) in [6.45, 7) is 8.74. The molecule has 0 radical (unpaired) electrons. The van der Waals surface area contributed by atoms with E-state index in [1.165, 1.54) is 48.1 Å². The van der Waals surface area contributed by atoms with E-state index in [1.54, 1.807) is 24.3 Å². The number of hydrogen-bond donors (Lipinski definition) is 0. The molecule has 0 saturated carbocycles. The van der Waals surface area contributed by atoms with Crippen molar-refractivity contribution < 1.29 is 47.8 Å². The first-order valence-electron chi connectivity index (χ1n) is 19.8. The maximum atomic E-state index is 14.6. The standard InChI is InChI=1S/2C19H16F3.C12H9Si.Hf/c2*1-12(2)14-10-13-6-5-8-15(17(13)11-14)16-7-3-4-9-18(16)19(20,21)22;1-3-7-11-9(5-1)10-6-2-4-8-12(10)13-11;/h2*3-12H,1-2H3;1-7H,13H2;. The van der Waals surface area contributed by atoms with Gasteiger partial charge in [-0.3, -0.25) is 0 Å². The van der Waals surface area contributed by atoms with Gasteiger partial charge in [0.15, 0.2) is 0 Å². The zero-order valence-electron chi connectivity index (χ0n) is 32.6. The first-order chi connectivity index (χ1) is 27.7. The van der Waals surface area contributed by atoms with E-state index < -0.39 is 54.4 Å². The van der Waals surface area contributed by atoms with Crippen LogP contribution in [-0.4, -0.2) is 9.52 Å². The normalized spacial score (nSPS) is 17.3. The number of fused-ring (bicyclic) bond motifs is 5. The SMILES string of the molecule is CC(C)C1=Cc2c(-c3ccccc3C(F)(F)F)cccc2[CH]1[Hf]([c]1cccc2c1[SiH2]c1ccccc1-2)[CH]1C(C(C)C)=Cc2c(-c3ccccc3C(F)(F)F)cccc21. The molecule has 9 rings (SSSR count). The topological polar surface area (TPSA) is 0 Å². The van der Waals surface area contributed by atoms with E-state index in [4.69, 9.17) is 0 Å². The molecule has 0 bridgehead atoms. The molecule has 58 heavy (non-hydrogen) atoms. The molecule has 0 spiro atoms. The van der Waals surface area contributed by atoms with E-state index in [1.807, 2.05) is 24.3 Å². The van der Waals surface area contributed by atoms with E-state index in [0.717, 1.165) is 34.4 Å². The van der Waals surface area contributed by atoms with Crippen molar-refractivity contribution in [1.29, 1.82) is 0 Å². The molecule has 0 amide bonds. The van der Waals surface area contributed by atoms with Crippen LogP contribution in [0.25, 0.3) is 45.5 Å². The molecule has 2 atom stereocenters. The summed E-state index contributed by atoms with van der Waals surface area (Å²) in [5.74, 6) is 0.207. The van der Waals surface area contributed by atoms with Gasteiger partial charge in [-0.1, -0.05) is 0 Å². The molecule has 2 aliphatic carbocycles. The third-order valence-corrected chi connectivity index (χ3v) is 28.8. The zero-order chi connectivity index (χ0) is 40.7. The molecule has 0 saturated heterocycles. The maximum absolute atomic E-state index is 14.6. The average molecular weight is 962 g/mol. The molecule has 0 nitrogen and oxygen atoms in total. The van der Waals surface area contributed by atoms with Crippen LogP contribution in [0.4, 0.5) is 26.3 Å². The zero-order valence-corrected chi connectivity index (χ0v) is 37.6. The van der Waals surface area contributed by atoms with Gasteiger partial charge >= 0.3 is 348 Å². The first kappa shape index (κ1) is 39.0. The number of halogens is 6. The second-order valence-electron chi connectivity index (χ2n) is 16.3. The van der Waals surface area contributed by atoms with Crippen molar-refractivity contribution >= 4 is 35.4 Å². The Hall–Kier alpha value is -4.53. The van der Waals surface area contributed by atoms with Gasteiger partial charge in [0.2, 0.25) is 0 Å². The quantitative estimate of drug-likeness (QED) is 0.110. The summed E-state index contributed by atoms with van der Waals surface area (Å²) in [6.07, 6.45) is -4.67. The van der Waals surface area contributed by atoms with Crippen LogP contribution in [0, 0.1) is 11.8 Å². The second-order valence-corrected chi connectivity index (χ2v) is 27.5. The van der Waals surface area contributed by atoms with E-state index in [2.05, 4.69) is 94.4 Å². The van der Waals surface area contributed by atoms with Crippen LogP contribution >= 0.6 is 0 Å². The monoisotopic (exact) mass is 963 g/mol. The summed E-state index contributed by atoms with van der Waals surface area (Å²) in [7, 11) is -0.887. The van der Waals surface area contributed by atoms with Crippen LogP contribution < -0.4 is 13.7 Å². The van der Waals surface area contributed by atoms with Gasteiger partial charge in [0, 0.05) is 0 Å². The van der Waals surface area contributed by atoms with E-state index >= 15 is 0 Å². The Labute approximate surface area is 345 Å². The molecule has 291 valence electrons. The van der Waals surface area contributed by atoms with Gasteiger partial charge in [-0.15, -0.1) is 0 Å². The Morgan fingerprint density at radius 2 is 0.879 bits per heavy atom. The Bertz CT molecular complexity index is 2530. The number of allylic oxidation sites excluding steroid dienone is 2. The fraction of sp³-hybridized carbons (Fsp3) is 0.200. The van der Waals surface area contributed by atoms with Gasteiger partial charge in [-0.2, -0.15) is 0 Å². The third kappa shape index (κ3) is 6.46. The molecule has 6 aromatic rings. The van der Waals surface area contributed by atoms with Crippen molar-refractivity contribution in [2.24, 2.45) is 11.8 Å². The predicted octanol–water partition coefficient (Wildman–Crippen LogP) is 12.0. The van der Waals surface area contributed by atoms with Crippen molar-refractivity contribution in [3.05, 3.63) is 172 Å². The molecular formula is C50H41F6HfSi. The number of alkyl halides is 6. The van der Waals surface area contributed by atoms with Crippen molar-refractivity contribution in [2.75, 3.05) is 0 Å². The van der Waals surface area contributed by atoms with Crippen molar-refractivity contribution in [2.45, 2.75) is 47.4 Å². The Balaban J connectivity index is 1.32. The Kier molecular flexibility index (Phi) is 9.83. The van der Waals surface area contributed by atoms with Gasteiger partial charge in [-0.25, -0.2) is 0 Å². The van der Waals surface area contributed by atoms with Crippen LogP contribution in [0.2, 0.25) is 0 Å². The summed E-state index contributed by atoms with van der Waals surface area (Å²) in [5, 5.41) is 2.86. The molecule has 3 aliphatic rings. The second kappa shape index (κ2) is 14.6. The van der Waals surface area contributed by atoms with Gasteiger partial charge in [0.05, 0.1) is 0 Å². The summed E-state index contributed by atoms with van der Waals surface area (Å²) in [5.41, 5.74) is 9.08. The Morgan fingerprint density at radius 1 is 0.466 bits per heavy atom. The van der Waals surface area contributed by atoms with Gasteiger partial charge in [0.25, 0.3) is 0 Å². The molecule has 1 heterocycles. The number of hydrogen-bond acceptors (Lipinski definition) is 0. The summed E-state index contributed by atoms with van der Waals surface area (Å²) < 4.78 is 89.0. The van der Waals surface area contributed by atoms with E-state index in [-0.39, 0.29) is 30.3 Å². The summed E-state index contributed by atoms with van der Waals surface area (Å²) in [6, 6.07) is 38.9. The third-order valence-electron chi connectivity index (χ3n) is 12.4. The van der Waals surface area contributed by atoms with Crippen LogP contribution in [-0.2, 0) is 33.8 Å². The first-order valence-corrected chi connectivity index (χ1v) is 27.2. The molecule has 0 N–H and O–H groups in total. The van der Waals surface area contributed by atoms with E-state index in [0.29, 0.717) is 11.1 Å². The molecule has 0 fully saturated rings. The fourth-order valence-electron chi connectivity index (χ4n) is 9.85. The average Bonchev–Trinajstić information content (AvgIpc) is 3.90. The van der Waals surface area contributed by atoms with Crippen molar-refractivity contribution in [3.63, 3.8) is 0 Å². The van der Waals surface area contributed by atoms with Crippen LogP contribution in [0.5, 0.6) is 0 Å².